The third-order valence-electron chi connectivity index (χ3n) is 4.52. The number of phosphoric acid groups is 1. The Kier molecular flexibility index (Phi) is 8.02. The fourth-order valence-corrected chi connectivity index (χ4v) is 3.06. The van der Waals surface area contributed by atoms with Crippen LogP contribution in [0.1, 0.15) is 13.3 Å². The SMILES string of the molecule is CCCn1nnc(-c2ccc(-c3ccc(N4C[C@@H](CO)OC4=O)cc3F)cn2)n1.O=P(O)(O)O. The highest BCUT2D eigenvalue weighted by Gasteiger charge is 2.32. The molecule has 182 valence electrons. The Morgan fingerprint density at radius 2 is 1.97 bits per heavy atom. The minimum atomic E-state index is -4.64. The van der Waals surface area contributed by atoms with E-state index in [0.29, 0.717) is 34.9 Å². The first-order valence-electron chi connectivity index (χ1n) is 10.0. The van der Waals surface area contributed by atoms with E-state index < -0.39 is 25.8 Å². The molecule has 0 bridgehead atoms. The molecule has 0 unspecified atom stereocenters. The Bertz CT molecular complexity index is 1180. The van der Waals surface area contributed by atoms with Crippen molar-refractivity contribution in [1.82, 2.24) is 25.2 Å². The highest BCUT2D eigenvalue weighted by atomic mass is 31.2. The van der Waals surface area contributed by atoms with Gasteiger partial charge in [0.2, 0.25) is 5.82 Å². The smallest absolute Gasteiger partial charge is 0.441 e. The van der Waals surface area contributed by atoms with Crippen molar-refractivity contribution in [3.05, 3.63) is 42.3 Å². The molecule has 1 atom stereocenters. The van der Waals surface area contributed by atoms with Gasteiger partial charge in [-0.25, -0.2) is 13.8 Å². The van der Waals surface area contributed by atoms with Gasteiger partial charge in [-0.2, -0.15) is 4.80 Å². The lowest BCUT2D eigenvalue weighted by Gasteiger charge is -2.14. The topological polar surface area (TPSA) is 184 Å². The average molecular weight is 496 g/mol. The number of halogens is 1. The minimum Gasteiger partial charge on any atom is -0.441 e. The van der Waals surface area contributed by atoms with Crippen LogP contribution in [-0.2, 0) is 15.8 Å². The second-order valence-corrected chi connectivity index (χ2v) is 8.14. The van der Waals surface area contributed by atoms with Crippen LogP contribution in [-0.4, -0.2) is 70.3 Å². The number of rotatable bonds is 6. The van der Waals surface area contributed by atoms with Gasteiger partial charge in [0, 0.05) is 17.3 Å². The molecule has 1 aliphatic heterocycles. The second-order valence-electron chi connectivity index (χ2n) is 7.12. The number of nitrogens with zero attached hydrogens (tertiary/aromatic N) is 6. The summed E-state index contributed by atoms with van der Waals surface area (Å²) in [6, 6.07) is 7.91. The highest BCUT2D eigenvalue weighted by molar-refractivity contribution is 7.45. The Balaban J connectivity index is 0.000000588. The van der Waals surface area contributed by atoms with E-state index in [-0.39, 0.29) is 13.2 Å². The number of tetrazole rings is 1. The molecule has 1 fully saturated rings. The Morgan fingerprint density at radius 1 is 1.24 bits per heavy atom. The van der Waals surface area contributed by atoms with E-state index in [1.54, 1.807) is 30.5 Å². The molecule has 1 amide bonds. The van der Waals surface area contributed by atoms with E-state index in [1.807, 2.05) is 6.92 Å². The molecule has 15 heteroatoms. The fourth-order valence-electron chi connectivity index (χ4n) is 3.06. The number of carbonyl (C=O) groups excluding carboxylic acids is 1. The van der Waals surface area contributed by atoms with Gasteiger partial charge >= 0.3 is 13.9 Å². The predicted molar refractivity (Wildman–Crippen MR) is 116 cm³/mol. The van der Waals surface area contributed by atoms with Crippen molar-refractivity contribution in [2.45, 2.75) is 26.0 Å². The first-order valence-corrected chi connectivity index (χ1v) is 11.6. The van der Waals surface area contributed by atoms with E-state index in [9.17, 15) is 9.18 Å². The van der Waals surface area contributed by atoms with Crippen molar-refractivity contribution in [3.63, 3.8) is 0 Å². The minimum absolute atomic E-state index is 0.177. The number of hydrogen-bond acceptors (Lipinski definition) is 8. The molecule has 3 aromatic rings. The summed E-state index contributed by atoms with van der Waals surface area (Å²) in [6.07, 6.45) is 1.23. The van der Waals surface area contributed by atoms with Crippen LogP contribution in [0.15, 0.2) is 36.5 Å². The Morgan fingerprint density at radius 3 is 2.53 bits per heavy atom. The summed E-state index contributed by atoms with van der Waals surface area (Å²) in [5, 5.41) is 21.3. The van der Waals surface area contributed by atoms with Gasteiger partial charge in [0.15, 0.2) is 0 Å². The van der Waals surface area contributed by atoms with Crippen LogP contribution in [0.2, 0.25) is 0 Å². The molecule has 3 heterocycles. The van der Waals surface area contributed by atoms with Gasteiger partial charge in [0.05, 0.1) is 25.4 Å². The molecule has 0 aliphatic carbocycles. The van der Waals surface area contributed by atoms with E-state index >= 15 is 0 Å². The van der Waals surface area contributed by atoms with Crippen molar-refractivity contribution in [3.8, 4) is 22.6 Å². The van der Waals surface area contributed by atoms with Gasteiger partial charge in [-0.15, -0.1) is 10.2 Å². The van der Waals surface area contributed by atoms with Crippen LogP contribution >= 0.6 is 7.82 Å². The van der Waals surface area contributed by atoms with Crippen LogP contribution in [0.5, 0.6) is 0 Å². The number of benzene rings is 1. The molecule has 1 aromatic carbocycles. The second kappa shape index (κ2) is 10.8. The van der Waals surface area contributed by atoms with Crippen LogP contribution in [0.4, 0.5) is 14.9 Å². The molecule has 4 N–H and O–H groups in total. The van der Waals surface area contributed by atoms with E-state index in [2.05, 4.69) is 20.4 Å². The van der Waals surface area contributed by atoms with E-state index in [1.165, 1.54) is 15.8 Å². The molecule has 13 nitrogen and oxygen atoms in total. The van der Waals surface area contributed by atoms with Gasteiger partial charge in [-0.3, -0.25) is 9.88 Å². The van der Waals surface area contributed by atoms with Gasteiger partial charge in [0.1, 0.15) is 17.6 Å². The first kappa shape index (κ1) is 25.3. The van der Waals surface area contributed by atoms with Crippen molar-refractivity contribution in [2.24, 2.45) is 0 Å². The zero-order valence-corrected chi connectivity index (χ0v) is 18.8. The average Bonchev–Trinajstić information content (AvgIpc) is 3.39. The Hall–Kier alpha value is -3.29. The summed E-state index contributed by atoms with van der Waals surface area (Å²) in [6.45, 7) is 2.59. The van der Waals surface area contributed by atoms with Gasteiger partial charge in [0.25, 0.3) is 0 Å². The summed E-state index contributed by atoms with van der Waals surface area (Å²) >= 11 is 0. The molecule has 1 saturated heterocycles. The molecule has 2 aromatic heterocycles. The molecule has 0 saturated carbocycles. The predicted octanol–water partition coefficient (Wildman–Crippen LogP) is 1.34. The number of cyclic esters (lactones) is 1. The van der Waals surface area contributed by atoms with Gasteiger partial charge < -0.3 is 24.5 Å². The number of aliphatic hydroxyl groups is 1. The highest BCUT2D eigenvalue weighted by Crippen LogP contribution is 2.29. The van der Waals surface area contributed by atoms with Crippen molar-refractivity contribution < 1.29 is 38.3 Å². The lowest BCUT2D eigenvalue weighted by atomic mass is 10.1. The van der Waals surface area contributed by atoms with Crippen LogP contribution in [0.25, 0.3) is 22.6 Å². The summed E-state index contributed by atoms with van der Waals surface area (Å²) in [7, 11) is -4.64. The number of anilines is 1. The standard InChI is InChI=1S/C19H19FN6O3.H3O4P/c1-2-7-26-23-18(22-24-26)17-6-3-12(9-21-17)15-5-4-13(8-16(15)20)25-10-14(11-27)29-19(25)28;1-5(2,3)4/h3-6,8-9,14,27H,2,7,10-11H2,1H3;(H3,1,2,3,4)/t14-;/m0./s1. The van der Waals surface area contributed by atoms with Crippen molar-refractivity contribution in [1.29, 1.82) is 0 Å². The van der Waals surface area contributed by atoms with Gasteiger partial charge in [-0.1, -0.05) is 13.0 Å². The van der Waals surface area contributed by atoms with Crippen LogP contribution in [0, 0.1) is 5.82 Å². The summed E-state index contributed by atoms with van der Waals surface area (Å²) in [4.78, 5) is 40.5. The fraction of sp³-hybridized carbons (Fsp3) is 0.316. The monoisotopic (exact) mass is 496 g/mol. The maximum absolute atomic E-state index is 14.7. The number of carbonyl (C=O) groups is 1. The van der Waals surface area contributed by atoms with Crippen LogP contribution < -0.4 is 4.90 Å². The maximum Gasteiger partial charge on any atom is 0.466 e. The normalized spacial score (nSPS) is 15.6. The first-order chi connectivity index (χ1) is 16.1. The van der Waals surface area contributed by atoms with E-state index in [0.717, 1.165) is 6.42 Å². The molecular formula is C19H22FN6O7P. The third kappa shape index (κ3) is 6.62. The molecule has 1 aliphatic rings. The molecule has 34 heavy (non-hydrogen) atoms. The lowest BCUT2D eigenvalue weighted by molar-refractivity contribution is 0.0963. The molecular weight excluding hydrogens is 474 g/mol. The van der Waals surface area contributed by atoms with Crippen LogP contribution in [0.3, 0.4) is 0 Å². The number of aliphatic hydroxyl groups excluding tert-OH is 1. The van der Waals surface area contributed by atoms with E-state index in [4.69, 9.17) is 29.1 Å². The number of aryl methyl sites for hydroxylation is 1. The van der Waals surface area contributed by atoms with Crippen molar-refractivity contribution in [2.75, 3.05) is 18.1 Å². The molecule has 0 spiro atoms. The molecule has 4 rings (SSSR count). The number of pyridine rings is 1. The maximum atomic E-state index is 14.7. The van der Waals surface area contributed by atoms with Crippen molar-refractivity contribution >= 4 is 19.6 Å². The van der Waals surface area contributed by atoms with Gasteiger partial charge in [-0.05, 0) is 35.9 Å². The quantitative estimate of drug-likeness (QED) is 0.361. The summed E-state index contributed by atoms with van der Waals surface area (Å²) in [5.74, 6) is -0.0869. The third-order valence-corrected chi connectivity index (χ3v) is 4.52. The zero-order valence-electron chi connectivity index (χ0n) is 17.9. The summed E-state index contributed by atoms with van der Waals surface area (Å²) < 4.78 is 28.6. The Labute approximate surface area is 192 Å². The number of aromatic nitrogens is 5. The zero-order chi connectivity index (χ0) is 24.9. The number of amides is 1. The number of hydrogen-bond donors (Lipinski definition) is 4. The molecule has 0 radical (unpaired) electrons. The largest absolute Gasteiger partial charge is 0.466 e. The lowest BCUT2D eigenvalue weighted by Crippen LogP contribution is -2.25. The number of ether oxygens (including phenoxy) is 1. The summed E-state index contributed by atoms with van der Waals surface area (Å²) in [5.41, 5.74) is 1.84.